The lowest BCUT2D eigenvalue weighted by Gasteiger charge is -2.17. The third-order valence-corrected chi connectivity index (χ3v) is 3.50. The van der Waals surface area contributed by atoms with Gasteiger partial charge in [0.15, 0.2) is 0 Å². The molecule has 2 aromatic carbocycles. The SMILES string of the molecule is COC(=O)Nc1ccc(NC(=O)C2=Cc3ccccc3OC2)cc1. The number of anilines is 2. The number of carbonyl (C=O) groups excluding carboxylic acids is 2. The summed E-state index contributed by atoms with van der Waals surface area (Å²) in [5.41, 5.74) is 2.63. The van der Waals surface area contributed by atoms with Gasteiger partial charge in [-0.25, -0.2) is 4.79 Å². The number of benzene rings is 2. The molecule has 0 aliphatic carbocycles. The molecule has 2 N–H and O–H groups in total. The molecule has 1 heterocycles. The molecule has 2 amide bonds. The normalized spacial score (nSPS) is 12.3. The lowest BCUT2D eigenvalue weighted by molar-refractivity contribution is -0.113. The highest BCUT2D eigenvalue weighted by molar-refractivity contribution is 6.07. The van der Waals surface area contributed by atoms with E-state index in [0.717, 1.165) is 11.3 Å². The summed E-state index contributed by atoms with van der Waals surface area (Å²) in [6.07, 6.45) is 1.27. The van der Waals surface area contributed by atoms with Gasteiger partial charge in [0, 0.05) is 16.9 Å². The van der Waals surface area contributed by atoms with Gasteiger partial charge in [-0.15, -0.1) is 0 Å². The van der Waals surface area contributed by atoms with Crippen LogP contribution in [0.15, 0.2) is 54.1 Å². The Hall–Kier alpha value is -3.28. The summed E-state index contributed by atoms with van der Waals surface area (Å²) in [6.45, 7) is 0.227. The standard InChI is InChI=1S/C18H16N2O4/c1-23-18(22)20-15-8-6-14(7-9-15)19-17(21)13-10-12-4-2-3-5-16(12)24-11-13/h2-10H,11H2,1H3,(H,19,21)(H,20,22). The van der Waals surface area contributed by atoms with Crippen LogP contribution in [0.3, 0.4) is 0 Å². The van der Waals surface area contributed by atoms with E-state index < -0.39 is 6.09 Å². The maximum atomic E-state index is 12.3. The van der Waals surface area contributed by atoms with Crippen molar-refractivity contribution >= 4 is 29.5 Å². The van der Waals surface area contributed by atoms with Crippen molar-refractivity contribution in [2.24, 2.45) is 0 Å². The summed E-state index contributed by atoms with van der Waals surface area (Å²) in [6, 6.07) is 14.3. The highest BCUT2D eigenvalue weighted by Crippen LogP contribution is 2.26. The molecule has 122 valence electrons. The van der Waals surface area contributed by atoms with E-state index in [1.165, 1.54) is 7.11 Å². The lowest BCUT2D eigenvalue weighted by Crippen LogP contribution is -2.21. The summed E-state index contributed by atoms with van der Waals surface area (Å²) in [5, 5.41) is 5.35. The van der Waals surface area contributed by atoms with E-state index in [1.807, 2.05) is 30.3 Å². The van der Waals surface area contributed by atoms with Gasteiger partial charge >= 0.3 is 6.09 Å². The Morgan fingerprint density at radius 1 is 1.00 bits per heavy atom. The zero-order chi connectivity index (χ0) is 16.9. The van der Waals surface area contributed by atoms with Crippen molar-refractivity contribution in [3.63, 3.8) is 0 Å². The minimum absolute atomic E-state index is 0.224. The summed E-state index contributed by atoms with van der Waals surface area (Å²) in [7, 11) is 1.29. The van der Waals surface area contributed by atoms with Crippen molar-refractivity contribution in [1.29, 1.82) is 0 Å². The quantitative estimate of drug-likeness (QED) is 0.908. The van der Waals surface area contributed by atoms with Crippen LogP contribution < -0.4 is 15.4 Å². The number of hydrogen-bond acceptors (Lipinski definition) is 4. The van der Waals surface area contributed by atoms with Crippen LogP contribution in [0.1, 0.15) is 5.56 Å². The Bertz CT molecular complexity index is 797. The van der Waals surface area contributed by atoms with Crippen LogP contribution in [0.2, 0.25) is 0 Å². The van der Waals surface area contributed by atoms with Crippen LogP contribution in [0, 0.1) is 0 Å². The minimum atomic E-state index is -0.546. The predicted octanol–water partition coefficient (Wildman–Crippen LogP) is 3.28. The van der Waals surface area contributed by atoms with Crippen LogP contribution in [0.25, 0.3) is 6.08 Å². The van der Waals surface area contributed by atoms with Crippen molar-refractivity contribution < 1.29 is 19.1 Å². The smallest absolute Gasteiger partial charge is 0.411 e. The minimum Gasteiger partial charge on any atom is -0.488 e. The van der Waals surface area contributed by atoms with Gasteiger partial charge in [-0.3, -0.25) is 10.1 Å². The fourth-order valence-corrected chi connectivity index (χ4v) is 2.26. The first-order valence-electron chi connectivity index (χ1n) is 7.34. The third-order valence-electron chi connectivity index (χ3n) is 3.50. The van der Waals surface area contributed by atoms with Crippen LogP contribution in [0.4, 0.5) is 16.2 Å². The molecule has 0 bridgehead atoms. The Balaban J connectivity index is 1.67. The molecule has 0 unspecified atom stereocenters. The molecule has 6 nitrogen and oxygen atoms in total. The number of carbonyl (C=O) groups is 2. The fourth-order valence-electron chi connectivity index (χ4n) is 2.26. The first kappa shape index (κ1) is 15.6. The third kappa shape index (κ3) is 3.55. The van der Waals surface area contributed by atoms with Gasteiger partial charge in [-0.05, 0) is 36.4 Å². The summed E-state index contributed by atoms with van der Waals surface area (Å²) < 4.78 is 10.1. The second kappa shape index (κ2) is 6.87. The average Bonchev–Trinajstić information content (AvgIpc) is 2.62. The lowest BCUT2D eigenvalue weighted by atomic mass is 10.1. The number of para-hydroxylation sites is 1. The van der Waals surface area contributed by atoms with Gasteiger partial charge in [0.25, 0.3) is 5.91 Å². The Morgan fingerprint density at radius 3 is 2.38 bits per heavy atom. The molecule has 6 heteroatoms. The maximum Gasteiger partial charge on any atom is 0.411 e. The zero-order valence-electron chi connectivity index (χ0n) is 13.0. The molecule has 0 saturated heterocycles. The largest absolute Gasteiger partial charge is 0.488 e. The van der Waals surface area contributed by atoms with Gasteiger partial charge in [0.05, 0.1) is 12.7 Å². The highest BCUT2D eigenvalue weighted by Gasteiger charge is 2.17. The number of fused-ring (bicyclic) bond motifs is 1. The van der Waals surface area contributed by atoms with Gasteiger partial charge in [0.2, 0.25) is 0 Å². The monoisotopic (exact) mass is 324 g/mol. The number of nitrogens with one attached hydrogen (secondary N) is 2. The Kier molecular flexibility index (Phi) is 4.47. The van der Waals surface area contributed by atoms with E-state index in [9.17, 15) is 9.59 Å². The topological polar surface area (TPSA) is 76.7 Å². The Labute approximate surface area is 139 Å². The maximum absolute atomic E-state index is 12.3. The first-order valence-corrected chi connectivity index (χ1v) is 7.34. The molecule has 0 atom stereocenters. The molecular formula is C18H16N2O4. The van der Waals surface area contributed by atoms with Crippen LogP contribution in [0.5, 0.6) is 5.75 Å². The van der Waals surface area contributed by atoms with Crippen molar-refractivity contribution in [2.75, 3.05) is 24.4 Å². The van der Waals surface area contributed by atoms with E-state index in [0.29, 0.717) is 16.9 Å². The predicted molar refractivity (Wildman–Crippen MR) is 91.0 cm³/mol. The molecule has 0 saturated carbocycles. The Morgan fingerprint density at radius 2 is 1.67 bits per heavy atom. The summed E-state index contributed by atoms with van der Waals surface area (Å²) >= 11 is 0. The molecule has 24 heavy (non-hydrogen) atoms. The molecule has 2 aromatic rings. The van der Waals surface area contributed by atoms with Crippen LogP contribution in [-0.4, -0.2) is 25.7 Å². The zero-order valence-corrected chi connectivity index (χ0v) is 13.0. The van der Waals surface area contributed by atoms with Crippen LogP contribution >= 0.6 is 0 Å². The van der Waals surface area contributed by atoms with E-state index >= 15 is 0 Å². The molecule has 1 aliphatic rings. The number of hydrogen-bond donors (Lipinski definition) is 2. The first-order chi connectivity index (χ1) is 11.7. The van der Waals surface area contributed by atoms with Crippen molar-refractivity contribution in [2.45, 2.75) is 0 Å². The van der Waals surface area contributed by atoms with Gasteiger partial charge in [0.1, 0.15) is 12.4 Å². The second-order valence-electron chi connectivity index (χ2n) is 5.14. The molecule has 3 rings (SSSR count). The molecule has 0 spiro atoms. The van der Waals surface area contributed by atoms with E-state index in [2.05, 4.69) is 15.4 Å². The number of ether oxygens (including phenoxy) is 2. The molecule has 0 aromatic heterocycles. The molecule has 0 radical (unpaired) electrons. The summed E-state index contributed by atoms with van der Waals surface area (Å²) in [5.74, 6) is 0.547. The molecule has 0 fully saturated rings. The number of rotatable bonds is 3. The van der Waals surface area contributed by atoms with E-state index in [-0.39, 0.29) is 12.5 Å². The summed E-state index contributed by atoms with van der Waals surface area (Å²) in [4.78, 5) is 23.5. The second-order valence-corrected chi connectivity index (χ2v) is 5.14. The van der Waals surface area contributed by atoms with Crippen molar-refractivity contribution in [1.82, 2.24) is 0 Å². The van der Waals surface area contributed by atoms with Gasteiger partial charge in [-0.1, -0.05) is 18.2 Å². The van der Waals surface area contributed by atoms with Crippen molar-refractivity contribution in [3.8, 4) is 5.75 Å². The number of amides is 2. The molecular weight excluding hydrogens is 308 g/mol. The average molecular weight is 324 g/mol. The van der Waals surface area contributed by atoms with Gasteiger partial charge in [-0.2, -0.15) is 0 Å². The van der Waals surface area contributed by atoms with Crippen LogP contribution in [-0.2, 0) is 9.53 Å². The van der Waals surface area contributed by atoms with E-state index in [1.54, 1.807) is 24.3 Å². The van der Waals surface area contributed by atoms with Gasteiger partial charge < -0.3 is 14.8 Å². The molecule has 1 aliphatic heterocycles. The number of methoxy groups -OCH3 is 1. The highest BCUT2D eigenvalue weighted by atomic mass is 16.5. The van der Waals surface area contributed by atoms with E-state index in [4.69, 9.17) is 4.74 Å². The van der Waals surface area contributed by atoms with Crippen molar-refractivity contribution in [3.05, 3.63) is 59.7 Å². The fraction of sp³-hybridized carbons (Fsp3) is 0.111.